The van der Waals surface area contributed by atoms with Gasteiger partial charge in [0, 0.05) is 49.7 Å². The van der Waals surface area contributed by atoms with E-state index >= 15 is 0 Å². The van der Waals surface area contributed by atoms with Crippen molar-refractivity contribution in [3.8, 4) is 11.5 Å². The maximum absolute atomic E-state index is 12.8. The van der Waals surface area contributed by atoms with Crippen LogP contribution in [0.5, 0.6) is 11.5 Å². The van der Waals surface area contributed by atoms with Crippen molar-refractivity contribution in [2.75, 3.05) is 39.4 Å². The van der Waals surface area contributed by atoms with Gasteiger partial charge in [-0.05, 0) is 35.7 Å². The van der Waals surface area contributed by atoms with Gasteiger partial charge in [0.1, 0.15) is 13.2 Å². The van der Waals surface area contributed by atoms with Crippen molar-refractivity contribution in [1.29, 1.82) is 0 Å². The summed E-state index contributed by atoms with van der Waals surface area (Å²) >= 11 is 0. The van der Waals surface area contributed by atoms with Crippen molar-refractivity contribution < 1.29 is 19.1 Å². The van der Waals surface area contributed by atoms with Crippen LogP contribution in [0.3, 0.4) is 0 Å². The maximum atomic E-state index is 12.8. The Morgan fingerprint density at radius 1 is 0.875 bits per heavy atom. The first-order valence-electron chi connectivity index (χ1n) is 11.2. The molecule has 0 radical (unpaired) electrons. The predicted molar refractivity (Wildman–Crippen MR) is 121 cm³/mol. The van der Waals surface area contributed by atoms with Crippen LogP contribution in [0, 0.1) is 0 Å². The smallest absolute Gasteiger partial charge is 0.227 e. The second kappa shape index (κ2) is 8.94. The van der Waals surface area contributed by atoms with Crippen LogP contribution in [-0.2, 0) is 22.4 Å². The zero-order valence-electron chi connectivity index (χ0n) is 18.0. The Labute approximate surface area is 186 Å². The molecule has 0 bridgehead atoms. The molecule has 0 aliphatic carbocycles. The molecule has 166 valence electrons. The molecule has 3 heterocycles. The lowest BCUT2D eigenvalue weighted by atomic mass is 10.1. The first-order chi connectivity index (χ1) is 15.7. The summed E-state index contributed by atoms with van der Waals surface area (Å²) in [6.07, 6.45) is 3.40. The average molecular weight is 434 g/mol. The molecule has 3 aromatic rings. The number of piperazine rings is 1. The van der Waals surface area contributed by atoms with Crippen LogP contribution in [0.25, 0.3) is 10.9 Å². The van der Waals surface area contributed by atoms with E-state index in [1.807, 2.05) is 58.5 Å². The molecule has 2 amide bonds. The minimum Gasteiger partial charge on any atom is -0.486 e. The van der Waals surface area contributed by atoms with Crippen molar-refractivity contribution in [3.63, 3.8) is 0 Å². The molecule has 7 heteroatoms. The Morgan fingerprint density at radius 2 is 1.59 bits per heavy atom. The molecule has 1 fully saturated rings. The van der Waals surface area contributed by atoms with E-state index in [2.05, 4.69) is 4.98 Å². The summed E-state index contributed by atoms with van der Waals surface area (Å²) in [7, 11) is 0. The van der Waals surface area contributed by atoms with E-state index in [4.69, 9.17) is 9.47 Å². The van der Waals surface area contributed by atoms with Crippen LogP contribution >= 0.6 is 0 Å². The van der Waals surface area contributed by atoms with Crippen LogP contribution in [0.4, 0.5) is 0 Å². The van der Waals surface area contributed by atoms with Crippen LogP contribution in [0.1, 0.15) is 17.5 Å². The molecule has 2 aromatic carbocycles. The number of carbonyl (C=O) groups is 2. The summed E-state index contributed by atoms with van der Waals surface area (Å²) in [4.78, 5) is 32.5. The van der Waals surface area contributed by atoms with Gasteiger partial charge in [0.05, 0.1) is 6.42 Å². The molecule has 0 saturated carbocycles. The van der Waals surface area contributed by atoms with E-state index in [0.29, 0.717) is 58.7 Å². The molecule has 5 rings (SSSR count). The number of aromatic nitrogens is 1. The third-order valence-electron chi connectivity index (χ3n) is 6.24. The maximum Gasteiger partial charge on any atom is 0.227 e. The standard InChI is InChI=1S/C25H27N3O4/c29-24(8-6-18-5-7-22-23(15-18)32-14-13-31-22)27-9-11-28(12-10-27)25(30)16-19-17-26-21-4-2-1-3-20(19)21/h1-5,7,15,17,26H,6,8-14,16H2. The van der Waals surface area contributed by atoms with E-state index in [0.717, 1.165) is 33.5 Å². The van der Waals surface area contributed by atoms with E-state index < -0.39 is 0 Å². The van der Waals surface area contributed by atoms with Gasteiger partial charge >= 0.3 is 0 Å². The fourth-order valence-electron chi connectivity index (χ4n) is 4.41. The summed E-state index contributed by atoms with van der Waals surface area (Å²) in [6, 6.07) is 13.9. The Kier molecular flexibility index (Phi) is 5.71. The number of ether oxygens (including phenoxy) is 2. The topological polar surface area (TPSA) is 74.9 Å². The minimum absolute atomic E-state index is 0.109. The van der Waals surface area contributed by atoms with Gasteiger partial charge in [0.2, 0.25) is 11.8 Å². The number of aromatic amines is 1. The lowest BCUT2D eigenvalue weighted by Gasteiger charge is -2.35. The van der Waals surface area contributed by atoms with E-state index in [-0.39, 0.29) is 11.8 Å². The molecule has 2 aliphatic rings. The number of nitrogens with zero attached hydrogens (tertiary/aromatic N) is 2. The third kappa shape index (κ3) is 4.28. The largest absolute Gasteiger partial charge is 0.486 e. The predicted octanol–water partition coefficient (Wildman–Crippen LogP) is 2.79. The molecule has 0 atom stereocenters. The Morgan fingerprint density at radius 3 is 2.41 bits per heavy atom. The monoisotopic (exact) mass is 433 g/mol. The normalized spacial score (nSPS) is 15.8. The number of fused-ring (bicyclic) bond motifs is 2. The van der Waals surface area contributed by atoms with Crippen molar-refractivity contribution in [3.05, 3.63) is 59.8 Å². The van der Waals surface area contributed by atoms with Gasteiger partial charge in [-0.3, -0.25) is 9.59 Å². The number of rotatable bonds is 5. The number of aryl methyl sites for hydroxylation is 1. The van der Waals surface area contributed by atoms with Crippen LogP contribution in [-0.4, -0.2) is 66.0 Å². The number of carbonyl (C=O) groups excluding carboxylic acids is 2. The van der Waals surface area contributed by atoms with Crippen molar-refractivity contribution >= 4 is 22.7 Å². The van der Waals surface area contributed by atoms with Crippen molar-refractivity contribution in [2.24, 2.45) is 0 Å². The molecular weight excluding hydrogens is 406 g/mol. The first kappa shape index (κ1) is 20.4. The van der Waals surface area contributed by atoms with Crippen LogP contribution in [0.2, 0.25) is 0 Å². The molecule has 32 heavy (non-hydrogen) atoms. The molecule has 7 nitrogen and oxygen atoms in total. The zero-order valence-corrected chi connectivity index (χ0v) is 18.0. The first-order valence-corrected chi connectivity index (χ1v) is 11.2. The zero-order chi connectivity index (χ0) is 21.9. The lowest BCUT2D eigenvalue weighted by molar-refractivity contribution is -0.139. The van der Waals surface area contributed by atoms with Gasteiger partial charge in [-0.2, -0.15) is 0 Å². The Bertz CT molecular complexity index is 1130. The highest BCUT2D eigenvalue weighted by Crippen LogP contribution is 2.31. The summed E-state index contributed by atoms with van der Waals surface area (Å²) < 4.78 is 11.2. The van der Waals surface area contributed by atoms with Crippen molar-refractivity contribution in [2.45, 2.75) is 19.3 Å². The van der Waals surface area contributed by atoms with Gasteiger partial charge in [-0.1, -0.05) is 24.3 Å². The second-order valence-electron chi connectivity index (χ2n) is 8.28. The number of benzene rings is 2. The highest BCUT2D eigenvalue weighted by atomic mass is 16.6. The van der Waals surface area contributed by atoms with Gasteiger partial charge in [0.25, 0.3) is 0 Å². The fraction of sp³-hybridized carbons (Fsp3) is 0.360. The number of nitrogens with one attached hydrogen (secondary N) is 1. The highest BCUT2D eigenvalue weighted by molar-refractivity contribution is 5.89. The summed E-state index contributed by atoms with van der Waals surface area (Å²) in [5, 5.41) is 1.09. The van der Waals surface area contributed by atoms with Gasteiger partial charge in [-0.15, -0.1) is 0 Å². The summed E-state index contributed by atoms with van der Waals surface area (Å²) in [5.74, 6) is 1.75. The second-order valence-corrected chi connectivity index (χ2v) is 8.28. The van der Waals surface area contributed by atoms with Crippen molar-refractivity contribution in [1.82, 2.24) is 14.8 Å². The van der Waals surface area contributed by atoms with Gasteiger partial charge in [-0.25, -0.2) is 0 Å². The Balaban J connectivity index is 1.11. The lowest BCUT2D eigenvalue weighted by Crippen LogP contribution is -2.51. The molecule has 2 aliphatic heterocycles. The van der Waals surface area contributed by atoms with E-state index in [1.54, 1.807) is 0 Å². The molecule has 0 unspecified atom stereocenters. The molecule has 1 N–H and O–H groups in total. The summed E-state index contributed by atoms with van der Waals surface area (Å²) in [6.45, 7) is 3.45. The van der Waals surface area contributed by atoms with Gasteiger partial charge in [0.15, 0.2) is 11.5 Å². The highest BCUT2D eigenvalue weighted by Gasteiger charge is 2.24. The average Bonchev–Trinajstić information content (AvgIpc) is 3.25. The quantitative estimate of drug-likeness (QED) is 0.672. The van der Waals surface area contributed by atoms with Crippen LogP contribution < -0.4 is 9.47 Å². The van der Waals surface area contributed by atoms with E-state index in [1.165, 1.54) is 0 Å². The molecule has 1 saturated heterocycles. The number of H-pyrrole nitrogens is 1. The number of para-hydroxylation sites is 1. The number of amides is 2. The summed E-state index contributed by atoms with van der Waals surface area (Å²) in [5.41, 5.74) is 3.13. The third-order valence-corrected chi connectivity index (χ3v) is 6.24. The molecule has 1 aromatic heterocycles. The van der Waals surface area contributed by atoms with E-state index in [9.17, 15) is 9.59 Å². The SMILES string of the molecule is O=C(CCc1ccc2c(c1)OCCO2)N1CCN(C(=O)Cc2c[nH]c3ccccc23)CC1. The minimum atomic E-state index is 0.109. The number of hydrogen-bond acceptors (Lipinski definition) is 4. The molecule has 0 spiro atoms. The fourth-order valence-corrected chi connectivity index (χ4v) is 4.41. The molecular formula is C25H27N3O4. The number of hydrogen-bond donors (Lipinski definition) is 1. The van der Waals surface area contributed by atoms with Gasteiger partial charge < -0.3 is 24.3 Å². The Hall–Kier alpha value is -3.48. The van der Waals surface area contributed by atoms with Crippen LogP contribution in [0.15, 0.2) is 48.7 Å².